The van der Waals surface area contributed by atoms with E-state index in [1.807, 2.05) is 0 Å². The Hall–Kier alpha value is -0.970. The second kappa shape index (κ2) is 4.13. The van der Waals surface area contributed by atoms with Gasteiger partial charge in [-0.15, -0.1) is 0 Å². The Morgan fingerprint density at radius 1 is 1.38 bits per heavy atom. The molecule has 0 fully saturated rings. The van der Waals surface area contributed by atoms with Crippen LogP contribution in [0.15, 0.2) is 12.1 Å². The van der Waals surface area contributed by atoms with Crippen LogP contribution in [-0.2, 0) is 4.79 Å². The van der Waals surface area contributed by atoms with E-state index in [0.29, 0.717) is 10.6 Å². The van der Waals surface area contributed by atoms with Crippen molar-refractivity contribution in [3.8, 4) is 5.75 Å². The van der Waals surface area contributed by atoms with Crippen molar-refractivity contribution in [2.75, 3.05) is 0 Å². The van der Waals surface area contributed by atoms with Crippen LogP contribution in [0.5, 0.6) is 5.75 Å². The lowest BCUT2D eigenvalue weighted by Gasteiger charge is -2.27. The van der Waals surface area contributed by atoms with E-state index in [2.05, 4.69) is 0 Å². The van der Waals surface area contributed by atoms with Gasteiger partial charge in [0, 0.05) is 18.1 Å². The largest absolute Gasteiger partial charge is 0.479 e. The van der Waals surface area contributed by atoms with Crippen LogP contribution in [0.25, 0.3) is 0 Å². The van der Waals surface area contributed by atoms with Crippen LogP contribution in [0.4, 0.5) is 0 Å². The summed E-state index contributed by atoms with van der Waals surface area (Å²) < 4.78 is 5.20. The van der Waals surface area contributed by atoms with E-state index in [1.54, 1.807) is 0 Å². The predicted molar refractivity (Wildman–Crippen MR) is 58.1 cm³/mol. The Labute approximate surface area is 101 Å². The zero-order valence-electron chi connectivity index (χ0n) is 7.98. The number of hydrogen-bond acceptors (Lipinski definition) is 3. The van der Waals surface area contributed by atoms with Crippen LogP contribution in [0.1, 0.15) is 18.1 Å². The number of hydrogen-bond donors (Lipinski definition) is 2. The van der Waals surface area contributed by atoms with Gasteiger partial charge in [-0.05, 0) is 6.07 Å². The Balaban J connectivity index is 2.42. The lowest BCUT2D eigenvalue weighted by Crippen LogP contribution is -2.32. The number of carbonyl (C=O) groups is 1. The third kappa shape index (κ3) is 1.96. The Kier molecular flexibility index (Phi) is 2.97. The highest BCUT2D eigenvalue weighted by Gasteiger charge is 2.32. The molecule has 6 heteroatoms. The van der Waals surface area contributed by atoms with Crippen LogP contribution < -0.4 is 4.74 Å². The molecule has 0 unspecified atom stereocenters. The molecular weight excluding hydrogens is 255 g/mol. The number of fused-ring (bicyclic) bond motifs is 1. The third-order valence-corrected chi connectivity index (χ3v) is 3.12. The maximum atomic E-state index is 10.8. The molecular formula is C10H8Cl2O4. The summed E-state index contributed by atoms with van der Waals surface area (Å²) in [5.41, 5.74) is 0.465. The first-order chi connectivity index (χ1) is 7.49. The lowest BCUT2D eigenvalue weighted by molar-refractivity contribution is -0.147. The van der Waals surface area contributed by atoms with Gasteiger partial charge in [0.05, 0.1) is 16.1 Å². The number of ether oxygens (including phenoxy) is 1. The summed E-state index contributed by atoms with van der Waals surface area (Å²) >= 11 is 11.6. The SMILES string of the molecule is O=C(O)[C@@H]1C[C@@H](O)c2cc(Cl)c(Cl)cc2O1. The molecule has 1 heterocycles. The van der Waals surface area contributed by atoms with Gasteiger partial charge in [-0.3, -0.25) is 0 Å². The number of benzene rings is 1. The molecule has 1 aliphatic rings. The molecule has 0 saturated carbocycles. The summed E-state index contributed by atoms with van der Waals surface area (Å²) in [5, 5.41) is 19.1. The van der Waals surface area contributed by atoms with Crippen molar-refractivity contribution < 1.29 is 19.7 Å². The topological polar surface area (TPSA) is 66.8 Å². The second-order valence-electron chi connectivity index (χ2n) is 3.50. The molecule has 0 bridgehead atoms. The van der Waals surface area contributed by atoms with Crippen LogP contribution in [-0.4, -0.2) is 22.3 Å². The van der Waals surface area contributed by atoms with Crippen molar-refractivity contribution in [2.45, 2.75) is 18.6 Å². The van der Waals surface area contributed by atoms with Crippen LogP contribution in [0.2, 0.25) is 10.0 Å². The molecule has 0 spiro atoms. The number of carboxylic acid groups (broad SMARTS) is 1. The van der Waals surface area contributed by atoms with Gasteiger partial charge in [-0.1, -0.05) is 23.2 Å². The molecule has 4 nitrogen and oxygen atoms in total. The second-order valence-corrected chi connectivity index (χ2v) is 4.31. The average molecular weight is 263 g/mol. The van der Waals surface area contributed by atoms with E-state index >= 15 is 0 Å². The highest BCUT2D eigenvalue weighted by Crippen LogP contribution is 2.39. The zero-order chi connectivity index (χ0) is 11.9. The molecule has 0 radical (unpaired) electrons. The average Bonchev–Trinajstić information content (AvgIpc) is 2.20. The summed E-state index contributed by atoms with van der Waals surface area (Å²) in [4.78, 5) is 10.8. The Morgan fingerprint density at radius 2 is 2.00 bits per heavy atom. The van der Waals surface area contributed by atoms with E-state index in [-0.39, 0.29) is 17.2 Å². The highest BCUT2D eigenvalue weighted by atomic mass is 35.5. The van der Waals surface area contributed by atoms with Crippen molar-refractivity contribution in [1.82, 2.24) is 0 Å². The molecule has 86 valence electrons. The predicted octanol–water partition coefficient (Wildman–Crippen LogP) is 2.26. The fourth-order valence-electron chi connectivity index (χ4n) is 1.59. The van der Waals surface area contributed by atoms with Gasteiger partial charge in [-0.25, -0.2) is 4.79 Å². The van der Waals surface area contributed by atoms with Gasteiger partial charge >= 0.3 is 5.97 Å². The number of carboxylic acids is 1. The molecule has 0 aliphatic carbocycles. The van der Waals surface area contributed by atoms with E-state index < -0.39 is 18.2 Å². The summed E-state index contributed by atoms with van der Waals surface area (Å²) in [5.74, 6) is -0.851. The molecule has 2 N–H and O–H groups in total. The van der Waals surface area contributed by atoms with Crippen molar-refractivity contribution in [1.29, 1.82) is 0 Å². The van der Waals surface area contributed by atoms with Crippen molar-refractivity contribution in [3.63, 3.8) is 0 Å². The number of aliphatic carboxylic acids is 1. The molecule has 16 heavy (non-hydrogen) atoms. The fraction of sp³-hybridized carbons (Fsp3) is 0.300. The van der Waals surface area contributed by atoms with E-state index in [0.717, 1.165) is 0 Å². The minimum atomic E-state index is -1.12. The van der Waals surface area contributed by atoms with Gasteiger partial charge in [0.25, 0.3) is 0 Å². The molecule has 1 aromatic rings. The van der Waals surface area contributed by atoms with E-state index in [9.17, 15) is 9.90 Å². The first-order valence-electron chi connectivity index (χ1n) is 4.55. The number of aliphatic hydroxyl groups excluding tert-OH is 1. The van der Waals surface area contributed by atoms with Crippen LogP contribution >= 0.6 is 23.2 Å². The minimum absolute atomic E-state index is 0.000292. The molecule has 1 aromatic carbocycles. The number of aliphatic hydroxyl groups is 1. The Bertz CT molecular complexity index is 447. The maximum Gasteiger partial charge on any atom is 0.345 e. The fourth-order valence-corrected chi connectivity index (χ4v) is 1.91. The van der Waals surface area contributed by atoms with E-state index in [4.69, 9.17) is 33.0 Å². The van der Waals surface area contributed by atoms with Crippen LogP contribution in [0.3, 0.4) is 0 Å². The van der Waals surface area contributed by atoms with Crippen molar-refractivity contribution in [2.24, 2.45) is 0 Å². The first kappa shape index (κ1) is 11.5. The highest BCUT2D eigenvalue weighted by molar-refractivity contribution is 6.42. The van der Waals surface area contributed by atoms with Gasteiger partial charge in [-0.2, -0.15) is 0 Å². The van der Waals surface area contributed by atoms with Gasteiger partial charge in [0.1, 0.15) is 5.75 Å². The smallest absolute Gasteiger partial charge is 0.345 e. The van der Waals surface area contributed by atoms with Gasteiger partial charge < -0.3 is 14.9 Å². The maximum absolute atomic E-state index is 10.8. The third-order valence-electron chi connectivity index (χ3n) is 2.39. The number of halogens is 2. The Morgan fingerprint density at radius 3 is 2.62 bits per heavy atom. The molecule has 2 rings (SSSR count). The zero-order valence-corrected chi connectivity index (χ0v) is 9.50. The van der Waals surface area contributed by atoms with Gasteiger partial charge in [0.2, 0.25) is 0 Å². The summed E-state index contributed by atoms with van der Waals surface area (Å²) in [6.45, 7) is 0. The minimum Gasteiger partial charge on any atom is -0.479 e. The standard InChI is InChI=1S/C10H8Cl2O4/c11-5-1-4-7(13)3-9(10(14)15)16-8(4)2-6(5)12/h1-2,7,9,13H,3H2,(H,14,15)/t7-,9+/m1/s1. The van der Waals surface area contributed by atoms with Crippen LogP contribution in [0, 0.1) is 0 Å². The van der Waals surface area contributed by atoms with E-state index in [1.165, 1.54) is 12.1 Å². The van der Waals surface area contributed by atoms with Gasteiger partial charge in [0.15, 0.2) is 6.10 Å². The lowest BCUT2D eigenvalue weighted by atomic mass is 9.99. The molecule has 0 aromatic heterocycles. The monoisotopic (exact) mass is 262 g/mol. The van der Waals surface area contributed by atoms with Crippen molar-refractivity contribution in [3.05, 3.63) is 27.7 Å². The normalized spacial score (nSPS) is 23.4. The quantitative estimate of drug-likeness (QED) is 0.815. The summed E-state index contributed by atoms with van der Waals surface area (Å²) in [7, 11) is 0. The number of rotatable bonds is 1. The molecule has 2 atom stereocenters. The summed E-state index contributed by atoms with van der Waals surface area (Å²) in [6.07, 6.45) is -1.96. The molecule has 0 saturated heterocycles. The molecule has 1 aliphatic heterocycles. The first-order valence-corrected chi connectivity index (χ1v) is 5.31. The summed E-state index contributed by atoms with van der Waals surface area (Å²) in [6, 6.07) is 2.90. The van der Waals surface area contributed by atoms with Crippen molar-refractivity contribution >= 4 is 29.2 Å². The molecule has 0 amide bonds.